The van der Waals surface area contributed by atoms with Gasteiger partial charge in [-0.05, 0) is 13.0 Å². The molecule has 0 aromatic carbocycles. The molecule has 2 rings (SSSR count). The van der Waals surface area contributed by atoms with Gasteiger partial charge in [0, 0.05) is 31.8 Å². The van der Waals surface area contributed by atoms with Crippen LogP contribution in [0, 0.1) is 6.92 Å². The van der Waals surface area contributed by atoms with Crippen molar-refractivity contribution in [2.75, 3.05) is 13.1 Å². The number of aliphatic hydroxyl groups is 1. The van der Waals surface area contributed by atoms with E-state index < -0.39 is 0 Å². The fraction of sp³-hybridized carbons (Fsp3) is 0.455. The number of rotatable bonds is 2. The number of nitrogens with zero attached hydrogens (tertiary/aromatic N) is 3. The second-order valence-electron chi connectivity index (χ2n) is 4.14. The van der Waals surface area contributed by atoms with Crippen LogP contribution < -0.4 is 0 Å². The molecule has 1 aromatic heterocycles. The van der Waals surface area contributed by atoms with Crippen LogP contribution >= 0.6 is 11.6 Å². The first kappa shape index (κ1) is 12.1. The number of amides is 1. The van der Waals surface area contributed by atoms with Crippen molar-refractivity contribution in [2.45, 2.75) is 13.0 Å². The lowest BCUT2D eigenvalue weighted by Crippen LogP contribution is -2.52. The van der Waals surface area contributed by atoms with E-state index in [2.05, 4.69) is 5.10 Å². The van der Waals surface area contributed by atoms with Gasteiger partial charge in [-0.15, -0.1) is 0 Å². The number of β-amino-alcohol motifs (C(OH)–C–C–N with tert-alkyl or cyclic N) is 1. The van der Waals surface area contributed by atoms with E-state index >= 15 is 0 Å². The number of aromatic nitrogens is 2. The Kier molecular flexibility index (Phi) is 3.22. The standard InChI is InChI=1S/C11H14ClN3O2/c1-7-9(11(12)14(2)13-7)3-4-10(17)15-5-8(16)6-15/h3-4,8,16H,5-6H2,1-2H3. The van der Waals surface area contributed by atoms with Crippen molar-refractivity contribution >= 4 is 23.6 Å². The molecule has 1 saturated heterocycles. The third kappa shape index (κ3) is 2.35. The Morgan fingerprint density at radius 3 is 2.71 bits per heavy atom. The third-order valence-corrected chi connectivity index (χ3v) is 3.21. The van der Waals surface area contributed by atoms with Crippen LogP contribution in [0.25, 0.3) is 6.08 Å². The van der Waals surface area contributed by atoms with E-state index in [-0.39, 0.29) is 12.0 Å². The number of halogens is 1. The maximum absolute atomic E-state index is 11.6. The monoisotopic (exact) mass is 255 g/mol. The van der Waals surface area contributed by atoms with E-state index in [9.17, 15) is 4.79 Å². The van der Waals surface area contributed by atoms with Crippen LogP contribution in [0.15, 0.2) is 6.08 Å². The average Bonchev–Trinajstić information content (AvgIpc) is 2.46. The summed E-state index contributed by atoms with van der Waals surface area (Å²) < 4.78 is 1.56. The number of hydrogen-bond donors (Lipinski definition) is 1. The van der Waals surface area contributed by atoms with Gasteiger partial charge in [0.2, 0.25) is 5.91 Å². The Balaban J connectivity index is 2.07. The molecule has 0 saturated carbocycles. The summed E-state index contributed by atoms with van der Waals surface area (Å²) in [7, 11) is 1.75. The van der Waals surface area contributed by atoms with Gasteiger partial charge in [0.05, 0.1) is 11.8 Å². The van der Waals surface area contributed by atoms with Gasteiger partial charge in [0.1, 0.15) is 5.15 Å². The number of aryl methyl sites for hydroxylation is 2. The highest BCUT2D eigenvalue weighted by Gasteiger charge is 2.27. The quantitative estimate of drug-likeness (QED) is 0.788. The Morgan fingerprint density at radius 1 is 1.59 bits per heavy atom. The first-order chi connectivity index (χ1) is 7.99. The molecule has 1 aliphatic rings. The smallest absolute Gasteiger partial charge is 0.246 e. The predicted molar refractivity (Wildman–Crippen MR) is 64.6 cm³/mol. The molecule has 0 radical (unpaired) electrons. The maximum Gasteiger partial charge on any atom is 0.246 e. The molecule has 0 unspecified atom stereocenters. The molecule has 1 aliphatic heterocycles. The molecular weight excluding hydrogens is 242 g/mol. The van der Waals surface area contributed by atoms with E-state index in [1.807, 2.05) is 6.92 Å². The van der Waals surface area contributed by atoms with Crippen LogP contribution in [0.3, 0.4) is 0 Å². The number of likely N-dealkylation sites (tertiary alicyclic amines) is 1. The van der Waals surface area contributed by atoms with Crippen molar-refractivity contribution in [2.24, 2.45) is 7.05 Å². The topological polar surface area (TPSA) is 58.4 Å². The van der Waals surface area contributed by atoms with Crippen LogP contribution in [0.1, 0.15) is 11.3 Å². The lowest BCUT2D eigenvalue weighted by molar-refractivity contribution is -0.135. The highest BCUT2D eigenvalue weighted by atomic mass is 35.5. The number of aliphatic hydroxyl groups excluding tert-OH is 1. The van der Waals surface area contributed by atoms with Gasteiger partial charge in [-0.3, -0.25) is 9.48 Å². The minimum atomic E-state index is -0.379. The molecule has 0 bridgehead atoms. The minimum absolute atomic E-state index is 0.116. The molecule has 1 amide bonds. The van der Waals surface area contributed by atoms with Crippen LogP contribution in [0.4, 0.5) is 0 Å². The molecule has 0 spiro atoms. The van der Waals surface area contributed by atoms with Crippen LogP contribution in [0.2, 0.25) is 5.15 Å². The largest absolute Gasteiger partial charge is 0.389 e. The van der Waals surface area contributed by atoms with Gasteiger partial charge in [0.25, 0.3) is 0 Å². The summed E-state index contributed by atoms with van der Waals surface area (Å²) in [6.45, 7) is 2.65. The van der Waals surface area contributed by atoms with Crippen molar-refractivity contribution in [1.82, 2.24) is 14.7 Å². The van der Waals surface area contributed by atoms with Crippen LogP contribution in [0.5, 0.6) is 0 Å². The summed E-state index contributed by atoms with van der Waals surface area (Å²) >= 11 is 6.03. The fourth-order valence-corrected chi connectivity index (χ4v) is 1.97. The second kappa shape index (κ2) is 4.50. The van der Waals surface area contributed by atoms with Gasteiger partial charge in [-0.1, -0.05) is 11.6 Å². The van der Waals surface area contributed by atoms with Crippen LogP contribution in [-0.2, 0) is 11.8 Å². The van der Waals surface area contributed by atoms with E-state index in [1.165, 1.54) is 6.08 Å². The zero-order valence-electron chi connectivity index (χ0n) is 9.72. The lowest BCUT2D eigenvalue weighted by Gasteiger charge is -2.34. The Morgan fingerprint density at radius 2 is 2.24 bits per heavy atom. The van der Waals surface area contributed by atoms with E-state index in [0.717, 1.165) is 11.3 Å². The molecule has 2 heterocycles. The normalized spacial score (nSPS) is 16.6. The summed E-state index contributed by atoms with van der Waals surface area (Å²) in [6, 6.07) is 0. The molecule has 92 valence electrons. The van der Waals surface area contributed by atoms with Crippen LogP contribution in [-0.4, -0.2) is 44.9 Å². The van der Waals surface area contributed by atoms with Gasteiger partial charge < -0.3 is 10.0 Å². The van der Waals surface area contributed by atoms with Crippen molar-refractivity contribution < 1.29 is 9.90 Å². The molecule has 1 fully saturated rings. The number of carbonyl (C=O) groups excluding carboxylic acids is 1. The highest BCUT2D eigenvalue weighted by molar-refractivity contribution is 6.31. The first-order valence-corrected chi connectivity index (χ1v) is 5.71. The molecule has 6 heteroatoms. The summed E-state index contributed by atoms with van der Waals surface area (Å²) in [5, 5.41) is 13.7. The average molecular weight is 256 g/mol. The van der Waals surface area contributed by atoms with E-state index in [1.54, 1.807) is 22.7 Å². The van der Waals surface area contributed by atoms with Gasteiger partial charge in [0.15, 0.2) is 0 Å². The van der Waals surface area contributed by atoms with Crippen molar-refractivity contribution in [1.29, 1.82) is 0 Å². The van der Waals surface area contributed by atoms with Crippen molar-refractivity contribution in [3.63, 3.8) is 0 Å². The minimum Gasteiger partial charge on any atom is -0.389 e. The molecule has 5 nitrogen and oxygen atoms in total. The third-order valence-electron chi connectivity index (χ3n) is 2.76. The summed E-state index contributed by atoms with van der Waals surface area (Å²) in [5.41, 5.74) is 1.54. The Labute approximate surface area is 104 Å². The van der Waals surface area contributed by atoms with Crippen molar-refractivity contribution in [3.05, 3.63) is 22.5 Å². The summed E-state index contributed by atoms with van der Waals surface area (Å²) in [6.07, 6.45) is 2.75. The number of carbonyl (C=O) groups is 1. The maximum atomic E-state index is 11.6. The molecule has 0 atom stereocenters. The molecule has 17 heavy (non-hydrogen) atoms. The Bertz CT molecular complexity index is 475. The zero-order valence-corrected chi connectivity index (χ0v) is 10.5. The summed E-state index contributed by atoms with van der Waals surface area (Å²) in [5.74, 6) is -0.116. The second-order valence-corrected chi connectivity index (χ2v) is 4.50. The van der Waals surface area contributed by atoms with E-state index in [0.29, 0.717) is 18.2 Å². The van der Waals surface area contributed by atoms with Gasteiger partial charge >= 0.3 is 0 Å². The summed E-state index contributed by atoms with van der Waals surface area (Å²) in [4.78, 5) is 13.2. The lowest BCUT2D eigenvalue weighted by atomic mass is 10.1. The SMILES string of the molecule is Cc1nn(C)c(Cl)c1C=CC(=O)N1CC(O)C1. The van der Waals surface area contributed by atoms with E-state index in [4.69, 9.17) is 16.7 Å². The predicted octanol–water partition coefficient (Wildman–Crippen LogP) is 0.598. The molecule has 1 N–H and O–H groups in total. The molecule has 1 aromatic rings. The van der Waals surface area contributed by atoms with Gasteiger partial charge in [-0.2, -0.15) is 5.10 Å². The van der Waals surface area contributed by atoms with Gasteiger partial charge in [-0.25, -0.2) is 0 Å². The fourth-order valence-electron chi connectivity index (χ4n) is 1.73. The van der Waals surface area contributed by atoms with Crippen molar-refractivity contribution in [3.8, 4) is 0 Å². The Hall–Kier alpha value is -1.33. The molecular formula is C11H14ClN3O2. The molecule has 0 aliphatic carbocycles. The highest BCUT2D eigenvalue weighted by Crippen LogP contribution is 2.20. The zero-order chi connectivity index (χ0) is 12.6. The number of hydrogen-bond acceptors (Lipinski definition) is 3. The first-order valence-electron chi connectivity index (χ1n) is 5.33.